The predicted octanol–water partition coefficient (Wildman–Crippen LogP) is 4.68. The number of ether oxygens (including phenoxy) is 2. The highest BCUT2D eigenvalue weighted by atomic mass is 16.5. The van der Waals surface area contributed by atoms with Crippen LogP contribution < -0.4 is 10.5 Å². The van der Waals surface area contributed by atoms with Crippen LogP contribution in [0.1, 0.15) is 61.0 Å². The molecule has 4 aliphatic rings. The average molecular weight is 569 g/mol. The molecule has 4 aromatic rings. The molecule has 42 heavy (non-hydrogen) atoms. The first-order valence-electron chi connectivity index (χ1n) is 15.7. The summed E-state index contributed by atoms with van der Waals surface area (Å²) in [6, 6.07) is 10.6. The van der Waals surface area contributed by atoms with Crippen LogP contribution in [0.4, 0.5) is 0 Å². The molecule has 2 saturated carbocycles. The standard InChI is InChI=1S/C33H40N6O3/c1-37-30-25(13-22(15-28(30)41-2)33(40)39-18-21-9-11-26(39)29(21)34)36-32(37)27-14-20-8-10-23(16-24-5-3-4-12-42-24)35-31(20)38(27)17-19-6-7-19/h8,10,13-15,19,21,24,26,29H,3-7,9,11-12,16-18,34H2,1-2H3/t21-,24-,26-,29-/m1/s1. The molecular formula is C33H40N6O3. The maximum absolute atomic E-state index is 13.7. The Labute approximate surface area is 246 Å². The van der Waals surface area contributed by atoms with Gasteiger partial charge >= 0.3 is 0 Å². The molecule has 2 bridgehead atoms. The zero-order chi connectivity index (χ0) is 28.5. The molecule has 8 rings (SSSR count). The van der Waals surface area contributed by atoms with Crippen LogP contribution in [0.3, 0.4) is 0 Å². The van der Waals surface area contributed by atoms with Gasteiger partial charge in [0.25, 0.3) is 5.91 Å². The van der Waals surface area contributed by atoms with Gasteiger partial charge in [-0.05, 0) is 87.1 Å². The summed E-state index contributed by atoms with van der Waals surface area (Å²) in [5, 5.41) is 1.12. The zero-order valence-electron chi connectivity index (χ0n) is 24.6. The lowest BCUT2D eigenvalue weighted by Crippen LogP contribution is -2.41. The van der Waals surface area contributed by atoms with E-state index in [9.17, 15) is 4.79 Å². The highest BCUT2D eigenvalue weighted by Crippen LogP contribution is 2.40. The first-order valence-corrected chi connectivity index (χ1v) is 15.7. The van der Waals surface area contributed by atoms with Crippen molar-refractivity contribution in [1.82, 2.24) is 24.0 Å². The summed E-state index contributed by atoms with van der Waals surface area (Å²) < 4.78 is 16.3. The van der Waals surface area contributed by atoms with Crippen LogP contribution in [0.15, 0.2) is 30.3 Å². The molecule has 2 N–H and O–H groups in total. The van der Waals surface area contributed by atoms with E-state index in [1.165, 1.54) is 19.3 Å². The number of aryl methyl sites for hydroxylation is 1. The van der Waals surface area contributed by atoms with E-state index in [0.717, 1.165) is 91.1 Å². The number of piperidine rings is 1. The summed E-state index contributed by atoms with van der Waals surface area (Å²) in [7, 11) is 3.69. The van der Waals surface area contributed by atoms with Crippen LogP contribution in [-0.4, -0.2) is 68.4 Å². The van der Waals surface area contributed by atoms with Crippen LogP contribution in [0.2, 0.25) is 0 Å². The van der Waals surface area contributed by atoms with E-state index in [1.807, 2.05) is 24.1 Å². The number of fused-ring (bicyclic) bond motifs is 4. The summed E-state index contributed by atoms with van der Waals surface area (Å²) in [4.78, 5) is 26.0. The Morgan fingerprint density at radius 3 is 2.69 bits per heavy atom. The molecule has 2 aliphatic carbocycles. The molecule has 0 spiro atoms. The van der Waals surface area contributed by atoms with Crippen molar-refractivity contribution in [3.8, 4) is 17.3 Å². The van der Waals surface area contributed by atoms with Crippen molar-refractivity contribution in [3.05, 3.63) is 41.6 Å². The number of rotatable bonds is 7. The molecule has 0 radical (unpaired) electrons. The fourth-order valence-electron chi connectivity index (χ4n) is 7.68. The number of methoxy groups -OCH3 is 1. The quantitative estimate of drug-likeness (QED) is 0.348. The van der Waals surface area contributed by atoms with Crippen molar-refractivity contribution < 1.29 is 14.3 Å². The van der Waals surface area contributed by atoms with Crippen molar-refractivity contribution in [2.24, 2.45) is 24.6 Å². The molecule has 9 nitrogen and oxygen atoms in total. The fraction of sp³-hybridized carbons (Fsp3) is 0.545. The van der Waals surface area contributed by atoms with Gasteiger partial charge in [0.15, 0.2) is 5.82 Å². The van der Waals surface area contributed by atoms with Gasteiger partial charge < -0.3 is 29.2 Å². The molecule has 2 aliphatic heterocycles. The number of hydrogen-bond donors (Lipinski definition) is 1. The summed E-state index contributed by atoms with van der Waals surface area (Å²) in [5.41, 5.74) is 11.8. The van der Waals surface area contributed by atoms with Crippen molar-refractivity contribution in [2.75, 3.05) is 20.3 Å². The van der Waals surface area contributed by atoms with Gasteiger partial charge in [0.1, 0.15) is 16.9 Å². The fourth-order valence-corrected chi connectivity index (χ4v) is 7.68. The van der Waals surface area contributed by atoms with Gasteiger partial charge in [-0.2, -0.15) is 0 Å². The molecule has 3 aromatic heterocycles. The van der Waals surface area contributed by atoms with Crippen molar-refractivity contribution in [2.45, 2.75) is 76.1 Å². The third-order valence-corrected chi connectivity index (χ3v) is 10.2. The molecule has 1 amide bonds. The van der Waals surface area contributed by atoms with Crippen LogP contribution >= 0.6 is 0 Å². The molecule has 220 valence electrons. The normalized spacial score (nSPS) is 25.6. The summed E-state index contributed by atoms with van der Waals surface area (Å²) in [6.45, 7) is 2.52. The lowest BCUT2D eigenvalue weighted by Gasteiger charge is -2.27. The Kier molecular flexibility index (Phi) is 6.30. The maximum atomic E-state index is 13.7. The summed E-state index contributed by atoms with van der Waals surface area (Å²) in [6.07, 6.45) is 9.19. The number of hydrogen-bond acceptors (Lipinski definition) is 6. The van der Waals surface area contributed by atoms with E-state index >= 15 is 0 Å². The number of amides is 1. The van der Waals surface area contributed by atoms with Gasteiger partial charge in [0, 0.05) is 61.9 Å². The lowest BCUT2D eigenvalue weighted by molar-refractivity contribution is 0.0163. The Morgan fingerprint density at radius 2 is 1.98 bits per heavy atom. The minimum absolute atomic E-state index is 0.0200. The van der Waals surface area contributed by atoms with Crippen LogP contribution in [-0.2, 0) is 24.8 Å². The molecule has 2 saturated heterocycles. The van der Waals surface area contributed by atoms with E-state index in [-0.39, 0.29) is 24.1 Å². The molecule has 0 unspecified atom stereocenters. The number of likely N-dealkylation sites (tertiary alicyclic amines) is 1. The van der Waals surface area contributed by atoms with E-state index in [0.29, 0.717) is 23.1 Å². The SMILES string of the molecule is COc1cc(C(=O)N2C[C@H]3CC[C@@H]2[C@@H]3N)cc2nc(-c3cc4ccc(C[C@H]5CCCCO5)nc4n3CC3CC3)n(C)c12. The van der Waals surface area contributed by atoms with Crippen LogP contribution in [0.5, 0.6) is 5.75 Å². The molecule has 4 fully saturated rings. The van der Waals surface area contributed by atoms with Gasteiger partial charge in [0.2, 0.25) is 0 Å². The molecule has 9 heteroatoms. The third-order valence-electron chi connectivity index (χ3n) is 10.2. The van der Waals surface area contributed by atoms with Gasteiger partial charge in [0.05, 0.1) is 24.4 Å². The zero-order valence-corrected chi connectivity index (χ0v) is 24.6. The number of nitrogens with two attached hydrogens (primary N) is 1. The van der Waals surface area contributed by atoms with Crippen LogP contribution in [0.25, 0.3) is 33.6 Å². The van der Waals surface area contributed by atoms with E-state index in [1.54, 1.807) is 7.11 Å². The Bertz CT molecular complexity index is 1680. The topological polar surface area (TPSA) is 100 Å². The van der Waals surface area contributed by atoms with E-state index in [2.05, 4.69) is 27.3 Å². The van der Waals surface area contributed by atoms with Gasteiger partial charge in [-0.1, -0.05) is 0 Å². The molecule has 1 aromatic carbocycles. The number of carbonyl (C=O) groups is 1. The smallest absolute Gasteiger partial charge is 0.254 e. The third kappa shape index (κ3) is 4.31. The molecule has 5 heterocycles. The average Bonchev–Trinajstić information content (AvgIpc) is 3.42. The number of carbonyl (C=O) groups excluding carboxylic acids is 1. The first-order chi connectivity index (χ1) is 20.5. The Morgan fingerprint density at radius 1 is 1.10 bits per heavy atom. The first kappa shape index (κ1) is 26.2. The highest BCUT2D eigenvalue weighted by molar-refractivity contribution is 6.00. The number of pyridine rings is 1. The predicted molar refractivity (Wildman–Crippen MR) is 162 cm³/mol. The second-order valence-corrected chi connectivity index (χ2v) is 13.0. The summed E-state index contributed by atoms with van der Waals surface area (Å²) >= 11 is 0. The van der Waals surface area contributed by atoms with Gasteiger partial charge in [-0.3, -0.25) is 4.79 Å². The van der Waals surface area contributed by atoms with Crippen molar-refractivity contribution >= 4 is 28.0 Å². The van der Waals surface area contributed by atoms with E-state index < -0.39 is 0 Å². The second kappa shape index (κ2) is 10.1. The lowest BCUT2D eigenvalue weighted by atomic mass is 10.0. The minimum Gasteiger partial charge on any atom is -0.494 e. The highest BCUT2D eigenvalue weighted by Gasteiger charge is 2.47. The monoisotopic (exact) mass is 568 g/mol. The Balaban J connectivity index is 1.19. The maximum Gasteiger partial charge on any atom is 0.254 e. The van der Waals surface area contributed by atoms with Crippen molar-refractivity contribution in [3.63, 3.8) is 0 Å². The van der Waals surface area contributed by atoms with Crippen molar-refractivity contribution in [1.29, 1.82) is 0 Å². The Hall–Kier alpha value is -3.43. The molecular weight excluding hydrogens is 528 g/mol. The molecule has 4 atom stereocenters. The number of nitrogens with zero attached hydrogens (tertiary/aromatic N) is 5. The number of benzene rings is 1. The summed E-state index contributed by atoms with van der Waals surface area (Å²) in [5.74, 6) is 2.60. The minimum atomic E-state index is 0.0200. The van der Waals surface area contributed by atoms with Gasteiger partial charge in [-0.15, -0.1) is 0 Å². The number of imidazole rings is 1. The largest absolute Gasteiger partial charge is 0.494 e. The number of aromatic nitrogens is 4. The second-order valence-electron chi connectivity index (χ2n) is 13.0. The van der Waals surface area contributed by atoms with Crippen LogP contribution in [0, 0.1) is 11.8 Å². The van der Waals surface area contributed by atoms with Gasteiger partial charge in [-0.25, -0.2) is 9.97 Å². The van der Waals surface area contributed by atoms with E-state index in [4.69, 9.17) is 25.2 Å².